The normalized spacial score (nSPS) is 12.4. The van der Waals surface area contributed by atoms with Gasteiger partial charge in [0.15, 0.2) is 0 Å². The van der Waals surface area contributed by atoms with Crippen LogP contribution in [-0.4, -0.2) is 34.1 Å². The average molecular weight is 497 g/mol. The number of anilines is 3. The van der Waals surface area contributed by atoms with Crippen LogP contribution in [0.4, 0.5) is 30.6 Å². The molecule has 0 spiro atoms. The molecular weight excluding hydrogens is 477 g/mol. The number of nitrogens with one attached hydrogen (secondary N) is 2. The number of hydrogen-bond donors (Lipinski definition) is 3. The van der Waals surface area contributed by atoms with Crippen molar-refractivity contribution in [2.24, 2.45) is 0 Å². The third kappa shape index (κ3) is 6.56. The van der Waals surface area contributed by atoms with Gasteiger partial charge in [0.25, 0.3) is 0 Å². The number of halogens is 4. The van der Waals surface area contributed by atoms with Crippen molar-refractivity contribution >= 4 is 33.4 Å². The van der Waals surface area contributed by atoms with E-state index in [1.165, 1.54) is 18.2 Å². The first-order chi connectivity index (χ1) is 14.6. The van der Waals surface area contributed by atoms with Crippen molar-refractivity contribution in [1.29, 1.82) is 0 Å². The number of rotatable bonds is 7. The van der Waals surface area contributed by atoms with Gasteiger partial charge in [0.1, 0.15) is 11.6 Å². The summed E-state index contributed by atoms with van der Waals surface area (Å²) in [7, 11) is 0. The van der Waals surface area contributed by atoms with Crippen molar-refractivity contribution in [2.75, 3.05) is 17.2 Å². The van der Waals surface area contributed by atoms with Crippen LogP contribution in [0.5, 0.6) is 5.75 Å². The fraction of sp³-hybridized carbons (Fsp3) is 0.238. The molecule has 0 saturated carbocycles. The lowest BCUT2D eigenvalue weighted by atomic mass is 10.1. The molecule has 3 rings (SSSR count). The second kappa shape index (κ2) is 9.52. The highest BCUT2D eigenvalue weighted by Gasteiger charge is 2.31. The maximum atomic E-state index is 12.6. The van der Waals surface area contributed by atoms with Gasteiger partial charge >= 0.3 is 6.36 Å². The number of nitrogens with zero attached hydrogens (tertiary/aromatic N) is 2. The fourth-order valence-electron chi connectivity index (χ4n) is 2.75. The van der Waals surface area contributed by atoms with Crippen LogP contribution in [0.2, 0.25) is 0 Å². The molecule has 0 amide bonds. The number of aliphatic hydroxyl groups is 1. The van der Waals surface area contributed by atoms with Crippen LogP contribution < -0.4 is 15.4 Å². The Balaban J connectivity index is 2.00. The van der Waals surface area contributed by atoms with Gasteiger partial charge in [-0.25, -0.2) is 4.98 Å². The van der Waals surface area contributed by atoms with Gasteiger partial charge in [0.05, 0.1) is 12.3 Å². The van der Waals surface area contributed by atoms with E-state index in [4.69, 9.17) is 0 Å². The van der Waals surface area contributed by atoms with E-state index in [1.807, 2.05) is 25.1 Å². The van der Waals surface area contributed by atoms with Gasteiger partial charge in [0.2, 0.25) is 5.95 Å². The van der Waals surface area contributed by atoms with Gasteiger partial charge in [-0.2, -0.15) is 4.98 Å². The van der Waals surface area contributed by atoms with Crippen LogP contribution in [0.3, 0.4) is 0 Å². The molecule has 31 heavy (non-hydrogen) atoms. The summed E-state index contributed by atoms with van der Waals surface area (Å²) in [6, 6.07) is 12.5. The maximum Gasteiger partial charge on any atom is 0.573 e. The quantitative estimate of drug-likeness (QED) is 0.392. The summed E-state index contributed by atoms with van der Waals surface area (Å²) in [6.45, 7) is 3.54. The Morgan fingerprint density at radius 2 is 1.90 bits per heavy atom. The Morgan fingerprint density at radius 3 is 2.58 bits per heavy atom. The molecule has 2 aromatic carbocycles. The summed E-state index contributed by atoms with van der Waals surface area (Å²) in [5, 5.41) is 15.5. The molecule has 3 aromatic rings. The van der Waals surface area contributed by atoms with E-state index in [0.717, 1.165) is 15.7 Å². The predicted octanol–water partition coefficient (Wildman–Crippen LogP) is 5.65. The maximum absolute atomic E-state index is 12.6. The molecule has 0 bridgehead atoms. The number of hydrogen-bond acceptors (Lipinski definition) is 6. The van der Waals surface area contributed by atoms with Crippen LogP contribution in [0, 0.1) is 6.92 Å². The molecule has 164 valence electrons. The molecule has 1 atom stereocenters. The summed E-state index contributed by atoms with van der Waals surface area (Å²) < 4.78 is 42.7. The number of aromatic nitrogens is 2. The molecule has 10 heteroatoms. The Kier molecular flexibility index (Phi) is 7.01. The van der Waals surface area contributed by atoms with Crippen LogP contribution in [0.15, 0.2) is 53.0 Å². The molecule has 0 aliphatic carbocycles. The minimum Gasteiger partial charge on any atom is -0.406 e. The summed E-state index contributed by atoms with van der Waals surface area (Å²) in [4.78, 5) is 8.81. The summed E-state index contributed by atoms with van der Waals surface area (Å²) in [5.74, 6) is 0.309. The van der Waals surface area contributed by atoms with Gasteiger partial charge in [0, 0.05) is 27.8 Å². The molecule has 0 aliphatic heterocycles. The molecule has 0 fully saturated rings. The second-order valence-corrected chi connectivity index (χ2v) is 7.77. The third-order valence-corrected chi connectivity index (χ3v) is 4.68. The van der Waals surface area contributed by atoms with Gasteiger partial charge in [-0.3, -0.25) is 0 Å². The van der Waals surface area contributed by atoms with Crippen molar-refractivity contribution in [2.45, 2.75) is 26.3 Å². The number of aryl methyl sites for hydroxylation is 1. The zero-order valence-electron chi connectivity index (χ0n) is 16.7. The van der Waals surface area contributed by atoms with Crippen molar-refractivity contribution in [3.8, 4) is 17.0 Å². The first kappa shape index (κ1) is 22.8. The first-order valence-electron chi connectivity index (χ1n) is 9.29. The number of aliphatic hydroxyl groups excluding tert-OH is 1. The number of benzene rings is 2. The lowest BCUT2D eigenvalue weighted by molar-refractivity contribution is -0.274. The highest BCUT2D eigenvalue weighted by atomic mass is 79.9. The van der Waals surface area contributed by atoms with Gasteiger partial charge in [-0.05, 0) is 49.7 Å². The highest BCUT2D eigenvalue weighted by Crippen LogP contribution is 2.30. The molecule has 0 radical (unpaired) electrons. The molecule has 1 heterocycles. The van der Waals surface area contributed by atoms with Gasteiger partial charge < -0.3 is 20.5 Å². The molecule has 6 nitrogen and oxygen atoms in total. The minimum atomic E-state index is -4.79. The predicted molar refractivity (Wildman–Crippen MR) is 116 cm³/mol. The van der Waals surface area contributed by atoms with Gasteiger partial charge in [-0.15, -0.1) is 13.2 Å². The summed E-state index contributed by atoms with van der Waals surface area (Å²) in [6.07, 6.45) is -4.79. The van der Waals surface area contributed by atoms with Crippen LogP contribution in [0.25, 0.3) is 11.3 Å². The van der Waals surface area contributed by atoms with Crippen molar-refractivity contribution in [1.82, 2.24) is 9.97 Å². The number of ether oxygens (including phenoxy) is 1. The zero-order valence-corrected chi connectivity index (χ0v) is 18.3. The van der Waals surface area contributed by atoms with E-state index in [0.29, 0.717) is 17.1 Å². The number of alkyl halides is 3. The van der Waals surface area contributed by atoms with Gasteiger partial charge in [-0.1, -0.05) is 28.1 Å². The first-order valence-corrected chi connectivity index (χ1v) is 10.1. The molecule has 3 N–H and O–H groups in total. The monoisotopic (exact) mass is 496 g/mol. The Bertz CT molecular complexity index is 1060. The smallest absolute Gasteiger partial charge is 0.406 e. The lowest BCUT2D eigenvalue weighted by Gasteiger charge is -2.15. The topological polar surface area (TPSA) is 79.3 Å². The Morgan fingerprint density at radius 1 is 1.13 bits per heavy atom. The average Bonchev–Trinajstić information content (AvgIpc) is 2.69. The van der Waals surface area contributed by atoms with E-state index in [9.17, 15) is 18.3 Å². The van der Waals surface area contributed by atoms with Crippen molar-refractivity contribution in [3.63, 3.8) is 0 Å². The SMILES string of the molecule is Cc1cc(Br)ccc1Nc1cc(-c2cccc(OC(F)(F)F)c2)nc(N[C@H](C)CO)n1. The van der Waals surface area contributed by atoms with E-state index < -0.39 is 6.36 Å². The highest BCUT2D eigenvalue weighted by molar-refractivity contribution is 9.10. The van der Waals surface area contributed by atoms with Crippen molar-refractivity contribution < 1.29 is 23.0 Å². The second-order valence-electron chi connectivity index (χ2n) is 6.85. The molecule has 0 saturated heterocycles. The van der Waals surface area contributed by atoms with E-state index in [2.05, 4.69) is 41.3 Å². The molecular formula is C21H20BrF3N4O2. The Labute approximate surface area is 185 Å². The minimum absolute atomic E-state index is 0.142. The van der Waals surface area contributed by atoms with Crippen molar-refractivity contribution in [3.05, 3.63) is 58.6 Å². The zero-order chi connectivity index (χ0) is 22.6. The summed E-state index contributed by atoms with van der Waals surface area (Å²) in [5.41, 5.74) is 2.57. The Hall–Kier alpha value is -2.85. The largest absolute Gasteiger partial charge is 0.573 e. The van der Waals surface area contributed by atoms with E-state index in [1.54, 1.807) is 19.1 Å². The van der Waals surface area contributed by atoms with E-state index >= 15 is 0 Å². The van der Waals surface area contributed by atoms with E-state index in [-0.39, 0.29) is 24.3 Å². The lowest BCUT2D eigenvalue weighted by Crippen LogP contribution is -2.21. The summed E-state index contributed by atoms with van der Waals surface area (Å²) >= 11 is 3.42. The fourth-order valence-corrected chi connectivity index (χ4v) is 3.22. The third-order valence-electron chi connectivity index (χ3n) is 4.19. The standard InChI is InChI=1S/C21H20BrF3N4O2/c1-12-8-15(22)6-7-17(12)27-19-10-18(28-20(29-19)26-13(2)11-30)14-4-3-5-16(9-14)31-21(23,24)25/h3-10,13,30H,11H2,1-2H3,(H2,26,27,28,29)/t13-/m1/s1. The van der Waals surface area contributed by atoms with Crippen LogP contribution in [0.1, 0.15) is 12.5 Å². The molecule has 0 unspecified atom stereocenters. The molecule has 1 aromatic heterocycles. The van der Waals surface area contributed by atoms with Crippen LogP contribution >= 0.6 is 15.9 Å². The van der Waals surface area contributed by atoms with Crippen LogP contribution in [-0.2, 0) is 0 Å². The molecule has 0 aliphatic rings.